The minimum Gasteiger partial charge on any atom is -0.217 e. The van der Waals surface area contributed by atoms with E-state index in [0.717, 1.165) is 20.9 Å². The molecule has 0 saturated carbocycles. The smallest absolute Gasteiger partial charge is 0.217 e. The number of hydrogen-bond donors (Lipinski definition) is 0. The summed E-state index contributed by atoms with van der Waals surface area (Å²) in [6.45, 7) is 6.01. The molecule has 4 aromatic rings. The number of thiazole rings is 1. The number of nitrogens with zero attached hydrogens (tertiary/aromatic N) is 1. The Morgan fingerprint density at radius 2 is 1.13 bits per heavy atom. The third-order valence-corrected chi connectivity index (χ3v) is 9.85. The van der Waals surface area contributed by atoms with Gasteiger partial charge in [0.2, 0.25) is 9.84 Å². The van der Waals surface area contributed by atoms with Gasteiger partial charge < -0.3 is 0 Å². The summed E-state index contributed by atoms with van der Waals surface area (Å²) in [5, 5.41) is 0.126. The zero-order chi connectivity index (χ0) is 22.0. The average molecular weight is 484 g/mol. The lowest BCUT2D eigenvalue weighted by Gasteiger charge is -2.05. The van der Waals surface area contributed by atoms with E-state index in [2.05, 4.69) is 4.98 Å². The first-order valence-corrected chi connectivity index (χ1v) is 13.6. The van der Waals surface area contributed by atoms with Gasteiger partial charge in [-0.15, -0.1) is 0 Å². The van der Waals surface area contributed by atoms with Crippen LogP contribution in [0.25, 0.3) is 0 Å². The van der Waals surface area contributed by atoms with E-state index in [4.69, 9.17) is 0 Å². The van der Waals surface area contributed by atoms with Gasteiger partial charge in [-0.3, -0.25) is 0 Å². The Kier molecular flexibility index (Phi) is 6.57. The van der Waals surface area contributed by atoms with Crippen molar-refractivity contribution in [3.63, 3.8) is 0 Å². The van der Waals surface area contributed by atoms with Gasteiger partial charge in [0.1, 0.15) is 4.21 Å². The first-order chi connectivity index (χ1) is 14.8. The Bertz CT molecular complexity index is 1290. The van der Waals surface area contributed by atoms with Crippen molar-refractivity contribution in [2.45, 2.75) is 49.0 Å². The molecular weight excluding hydrogens is 463 g/mol. The number of benzene rings is 3. The highest BCUT2D eigenvalue weighted by Gasteiger charge is 2.27. The minimum atomic E-state index is -3.73. The maximum absolute atomic E-state index is 13.4. The summed E-state index contributed by atoms with van der Waals surface area (Å²) in [4.78, 5) is 6.87. The van der Waals surface area contributed by atoms with Crippen molar-refractivity contribution in [1.82, 2.24) is 4.98 Å². The number of hydrogen-bond acceptors (Lipinski definition) is 6. The lowest BCUT2D eigenvalue weighted by atomic mass is 10.2. The first kappa shape index (κ1) is 22.1. The normalized spacial score (nSPS) is 11.6. The Labute approximate surface area is 195 Å². The van der Waals surface area contributed by atoms with Crippen LogP contribution in [0.4, 0.5) is 0 Å². The van der Waals surface area contributed by atoms with E-state index in [0.29, 0.717) is 8.55 Å². The number of aromatic nitrogens is 1. The molecule has 0 radical (unpaired) electrons. The number of aryl methyl sites for hydroxylation is 3. The SMILES string of the molecule is Cc1ccc(Sc2nc(S(=O)(=O)c3ccc(C)cc3)c(Sc3ccc(C)cc3)s2)cc1. The quantitative estimate of drug-likeness (QED) is 0.290. The van der Waals surface area contributed by atoms with Crippen LogP contribution in [0.15, 0.2) is 101 Å². The zero-order valence-corrected chi connectivity index (χ0v) is 20.6. The molecule has 3 nitrogen and oxygen atoms in total. The molecule has 3 aromatic carbocycles. The maximum Gasteiger partial charge on any atom is 0.225 e. The van der Waals surface area contributed by atoms with Crippen molar-refractivity contribution >= 4 is 44.7 Å². The molecule has 0 atom stereocenters. The highest BCUT2D eigenvalue weighted by atomic mass is 32.2. The molecule has 0 aliphatic carbocycles. The van der Waals surface area contributed by atoms with E-state index in [1.165, 1.54) is 40.4 Å². The summed E-state index contributed by atoms with van der Waals surface area (Å²) in [5.74, 6) is 0. The molecule has 0 unspecified atom stereocenters. The highest BCUT2D eigenvalue weighted by Crippen LogP contribution is 2.43. The molecule has 4 rings (SSSR count). The van der Waals surface area contributed by atoms with Gasteiger partial charge in [-0.05, 0) is 57.2 Å². The molecule has 1 aromatic heterocycles. The predicted octanol–water partition coefficient (Wildman–Crippen LogP) is 7.20. The van der Waals surface area contributed by atoms with E-state index in [-0.39, 0.29) is 9.92 Å². The van der Waals surface area contributed by atoms with Crippen molar-refractivity contribution in [2.75, 3.05) is 0 Å². The van der Waals surface area contributed by atoms with Crippen LogP contribution in [-0.4, -0.2) is 13.4 Å². The fourth-order valence-electron chi connectivity index (χ4n) is 2.80. The number of rotatable bonds is 6. The van der Waals surface area contributed by atoms with Crippen molar-refractivity contribution in [1.29, 1.82) is 0 Å². The van der Waals surface area contributed by atoms with Crippen LogP contribution in [0.2, 0.25) is 0 Å². The molecule has 0 spiro atoms. The molecule has 7 heteroatoms. The molecule has 0 amide bonds. The summed E-state index contributed by atoms with van der Waals surface area (Å²) in [6.07, 6.45) is 0. The fourth-order valence-corrected chi connectivity index (χ4v) is 8.19. The van der Waals surface area contributed by atoms with Gasteiger partial charge in [0, 0.05) is 9.79 Å². The van der Waals surface area contributed by atoms with E-state index in [1.54, 1.807) is 12.1 Å². The molecule has 0 saturated heterocycles. The second kappa shape index (κ2) is 9.20. The summed E-state index contributed by atoms with van der Waals surface area (Å²) in [6, 6.07) is 23.1. The third-order valence-electron chi connectivity index (χ3n) is 4.59. The molecule has 0 fully saturated rings. The summed E-state index contributed by atoms with van der Waals surface area (Å²) in [7, 11) is -3.73. The Balaban J connectivity index is 1.75. The second-order valence-corrected chi connectivity index (χ2v) is 12.7. The Hall–Kier alpha value is -2.06. The number of sulfone groups is 1. The fraction of sp³-hybridized carbons (Fsp3) is 0.125. The van der Waals surface area contributed by atoms with E-state index in [1.807, 2.05) is 81.4 Å². The Morgan fingerprint density at radius 3 is 1.65 bits per heavy atom. The lowest BCUT2D eigenvalue weighted by Crippen LogP contribution is -2.03. The van der Waals surface area contributed by atoms with Crippen molar-refractivity contribution in [3.05, 3.63) is 89.5 Å². The predicted molar refractivity (Wildman–Crippen MR) is 129 cm³/mol. The minimum absolute atomic E-state index is 0.126. The highest BCUT2D eigenvalue weighted by molar-refractivity contribution is 8.04. The molecule has 0 aliphatic rings. The third kappa shape index (κ3) is 5.23. The van der Waals surface area contributed by atoms with E-state index in [9.17, 15) is 8.42 Å². The molecule has 0 aliphatic heterocycles. The van der Waals surface area contributed by atoms with Gasteiger partial charge in [0.25, 0.3) is 0 Å². The largest absolute Gasteiger partial charge is 0.225 e. The van der Waals surface area contributed by atoms with Gasteiger partial charge in [-0.2, -0.15) is 0 Å². The maximum atomic E-state index is 13.4. The Morgan fingerprint density at radius 1 is 0.677 bits per heavy atom. The van der Waals surface area contributed by atoms with Gasteiger partial charge in [-0.1, -0.05) is 87.9 Å². The van der Waals surface area contributed by atoms with Gasteiger partial charge in [-0.25, -0.2) is 13.4 Å². The monoisotopic (exact) mass is 483 g/mol. The van der Waals surface area contributed by atoms with Crippen LogP contribution < -0.4 is 0 Å². The first-order valence-electron chi connectivity index (χ1n) is 9.63. The lowest BCUT2D eigenvalue weighted by molar-refractivity contribution is 0.590. The van der Waals surface area contributed by atoms with Gasteiger partial charge in [0.15, 0.2) is 9.37 Å². The van der Waals surface area contributed by atoms with Crippen LogP contribution in [-0.2, 0) is 9.84 Å². The van der Waals surface area contributed by atoms with Crippen molar-refractivity contribution in [2.24, 2.45) is 0 Å². The summed E-state index contributed by atoms with van der Waals surface area (Å²) < 4.78 is 28.3. The summed E-state index contributed by atoms with van der Waals surface area (Å²) in [5.41, 5.74) is 3.36. The molecule has 158 valence electrons. The molecular formula is C24H21NO2S4. The van der Waals surface area contributed by atoms with Crippen LogP contribution >= 0.6 is 34.9 Å². The van der Waals surface area contributed by atoms with Crippen LogP contribution in [0.1, 0.15) is 16.7 Å². The molecule has 0 bridgehead atoms. The average Bonchev–Trinajstić information content (AvgIpc) is 3.15. The molecule has 1 heterocycles. The molecule has 0 N–H and O–H groups in total. The van der Waals surface area contributed by atoms with E-state index >= 15 is 0 Å². The zero-order valence-electron chi connectivity index (χ0n) is 17.3. The van der Waals surface area contributed by atoms with Gasteiger partial charge >= 0.3 is 0 Å². The topological polar surface area (TPSA) is 47.0 Å². The summed E-state index contributed by atoms with van der Waals surface area (Å²) >= 11 is 4.35. The van der Waals surface area contributed by atoms with Crippen molar-refractivity contribution in [3.8, 4) is 0 Å². The second-order valence-electron chi connectivity index (χ2n) is 7.22. The van der Waals surface area contributed by atoms with Gasteiger partial charge in [0.05, 0.1) is 4.90 Å². The van der Waals surface area contributed by atoms with Crippen LogP contribution in [0.5, 0.6) is 0 Å². The van der Waals surface area contributed by atoms with E-state index < -0.39 is 9.84 Å². The standard InChI is InChI=1S/C24H21NO2S4/c1-16-4-10-19(11-5-16)28-23-22(31(26,27)21-14-8-18(3)9-15-21)25-24(30-23)29-20-12-6-17(2)7-13-20/h4-15H,1-3H3. The van der Waals surface area contributed by atoms with Crippen LogP contribution in [0, 0.1) is 20.8 Å². The molecule has 31 heavy (non-hydrogen) atoms. The van der Waals surface area contributed by atoms with Crippen molar-refractivity contribution < 1.29 is 8.42 Å². The van der Waals surface area contributed by atoms with Crippen LogP contribution in [0.3, 0.4) is 0 Å².